The first-order chi connectivity index (χ1) is 9.78. The highest BCUT2D eigenvalue weighted by Crippen LogP contribution is 2.26. The Hall–Kier alpha value is -2.62. The molecule has 0 aliphatic carbocycles. The van der Waals surface area contributed by atoms with Gasteiger partial charge in [0.15, 0.2) is 0 Å². The van der Waals surface area contributed by atoms with Crippen LogP contribution >= 0.6 is 0 Å². The molecule has 0 amide bonds. The Labute approximate surface area is 116 Å². The van der Waals surface area contributed by atoms with Crippen LogP contribution in [0.3, 0.4) is 0 Å². The van der Waals surface area contributed by atoms with Crippen LogP contribution in [-0.4, -0.2) is 15.2 Å². The van der Waals surface area contributed by atoms with Gasteiger partial charge in [-0.15, -0.1) is 0 Å². The molecule has 0 fully saturated rings. The molecule has 0 bridgehead atoms. The highest BCUT2D eigenvalue weighted by atomic mass is 16.5. The minimum absolute atomic E-state index is 0.183. The maximum absolute atomic E-state index is 9.49. The van der Waals surface area contributed by atoms with Crippen molar-refractivity contribution in [3.05, 3.63) is 54.1 Å². The van der Waals surface area contributed by atoms with E-state index in [1.165, 1.54) is 5.56 Å². The van der Waals surface area contributed by atoms with Gasteiger partial charge >= 0.3 is 0 Å². The predicted molar refractivity (Wildman–Crippen MR) is 76.2 cm³/mol. The summed E-state index contributed by atoms with van der Waals surface area (Å²) in [5.74, 6) is 1.16. The van der Waals surface area contributed by atoms with Crippen LogP contribution in [0.15, 0.2) is 53.1 Å². The number of rotatable bonds is 3. The summed E-state index contributed by atoms with van der Waals surface area (Å²) in [7, 11) is 0. The van der Waals surface area contributed by atoms with Gasteiger partial charge in [0, 0.05) is 11.1 Å². The lowest BCUT2D eigenvalue weighted by Gasteiger charge is -2.01. The fourth-order valence-corrected chi connectivity index (χ4v) is 2.13. The summed E-state index contributed by atoms with van der Waals surface area (Å²) < 4.78 is 5.34. The van der Waals surface area contributed by atoms with Gasteiger partial charge in [0.05, 0.1) is 0 Å². The van der Waals surface area contributed by atoms with E-state index in [2.05, 4.69) is 17.1 Å². The summed E-state index contributed by atoms with van der Waals surface area (Å²) >= 11 is 0. The van der Waals surface area contributed by atoms with Gasteiger partial charge in [0.2, 0.25) is 5.82 Å². The van der Waals surface area contributed by atoms with E-state index in [4.69, 9.17) is 4.52 Å². The van der Waals surface area contributed by atoms with Gasteiger partial charge in [-0.25, -0.2) is 0 Å². The highest BCUT2D eigenvalue weighted by molar-refractivity contribution is 5.63. The Morgan fingerprint density at radius 1 is 1.10 bits per heavy atom. The molecule has 0 radical (unpaired) electrons. The van der Waals surface area contributed by atoms with E-state index in [9.17, 15) is 5.11 Å². The van der Waals surface area contributed by atoms with Gasteiger partial charge in [-0.3, -0.25) is 0 Å². The van der Waals surface area contributed by atoms with Crippen molar-refractivity contribution < 1.29 is 9.63 Å². The van der Waals surface area contributed by atoms with Crippen molar-refractivity contribution in [3.8, 4) is 28.6 Å². The Morgan fingerprint density at radius 2 is 1.95 bits per heavy atom. The number of nitrogens with zero attached hydrogens (tertiary/aromatic N) is 2. The zero-order valence-electron chi connectivity index (χ0n) is 11.1. The Bertz CT molecular complexity index is 735. The van der Waals surface area contributed by atoms with Crippen molar-refractivity contribution in [2.75, 3.05) is 0 Å². The molecule has 0 unspecified atom stereocenters. The maximum atomic E-state index is 9.49. The molecule has 0 atom stereocenters. The monoisotopic (exact) mass is 266 g/mol. The van der Waals surface area contributed by atoms with Crippen molar-refractivity contribution in [2.24, 2.45) is 0 Å². The molecule has 0 saturated heterocycles. The van der Waals surface area contributed by atoms with Gasteiger partial charge in [-0.2, -0.15) is 4.98 Å². The van der Waals surface area contributed by atoms with E-state index >= 15 is 0 Å². The fraction of sp³-hybridized carbons (Fsp3) is 0.125. The average molecular weight is 266 g/mol. The van der Waals surface area contributed by atoms with Gasteiger partial charge in [-0.05, 0) is 30.2 Å². The lowest BCUT2D eigenvalue weighted by Crippen LogP contribution is -1.87. The summed E-state index contributed by atoms with van der Waals surface area (Å²) in [6, 6.07) is 14.8. The number of phenols is 1. The first-order valence-corrected chi connectivity index (χ1v) is 6.49. The molecule has 3 aromatic rings. The van der Waals surface area contributed by atoms with Crippen LogP contribution in [0.25, 0.3) is 22.8 Å². The molecule has 1 aromatic heterocycles. The molecule has 1 N–H and O–H groups in total. The minimum atomic E-state index is 0.183. The number of benzene rings is 2. The number of aromatic hydroxyl groups is 1. The predicted octanol–water partition coefficient (Wildman–Crippen LogP) is 3.67. The SMILES string of the molecule is CCc1ccccc1-c1nc(-c2cccc(O)c2)no1. The van der Waals surface area contributed by atoms with E-state index in [0.717, 1.165) is 17.5 Å². The largest absolute Gasteiger partial charge is 0.508 e. The van der Waals surface area contributed by atoms with Crippen molar-refractivity contribution in [2.45, 2.75) is 13.3 Å². The smallest absolute Gasteiger partial charge is 0.258 e. The summed E-state index contributed by atoms with van der Waals surface area (Å²) in [6.07, 6.45) is 0.903. The van der Waals surface area contributed by atoms with Crippen LogP contribution in [-0.2, 0) is 6.42 Å². The third-order valence-electron chi connectivity index (χ3n) is 3.16. The molecule has 0 aliphatic heterocycles. The molecule has 0 saturated carbocycles. The molecule has 4 nitrogen and oxygen atoms in total. The van der Waals surface area contributed by atoms with E-state index in [0.29, 0.717) is 11.7 Å². The Balaban J connectivity index is 2.02. The van der Waals surface area contributed by atoms with Crippen LogP contribution in [0.5, 0.6) is 5.75 Å². The summed E-state index contributed by atoms with van der Waals surface area (Å²) in [5, 5.41) is 13.5. The quantitative estimate of drug-likeness (QED) is 0.785. The van der Waals surface area contributed by atoms with Crippen LogP contribution in [0.2, 0.25) is 0 Å². The second-order valence-electron chi connectivity index (χ2n) is 4.48. The molecule has 20 heavy (non-hydrogen) atoms. The lowest BCUT2D eigenvalue weighted by molar-refractivity contribution is 0.432. The van der Waals surface area contributed by atoms with Crippen molar-refractivity contribution >= 4 is 0 Å². The first kappa shape index (κ1) is 12.4. The van der Waals surface area contributed by atoms with E-state index < -0.39 is 0 Å². The molecular weight excluding hydrogens is 252 g/mol. The number of aryl methyl sites for hydroxylation is 1. The second-order valence-corrected chi connectivity index (χ2v) is 4.48. The summed E-state index contributed by atoms with van der Waals surface area (Å²) in [4.78, 5) is 4.41. The van der Waals surface area contributed by atoms with E-state index in [1.54, 1.807) is 18.2 Å². The third-order valence-corrected chi connectivity index (χ3v) is 3.16. The van der Waals surface area contributed by atoms with E-state index in [-0.39, 0.29) is 5.75 Å². The van der Waals surface area contributed by atoms with Gasteiger partial charge < -0.3 is 9.63 Å². The van der Waals surface area contributed by atoms with E-state index in [1.807, 2.05) is 30.3 Å². The zero-order chi connectivity index (χ0) is 13.9. The average Bonchev–Trinajstić information content (AvgIpc) is 2.97. The van der Waals surface area contributed by atoms with Crippen LogP contribution in [0, 0.1) is 0 Å². The summed E-state index contributed by atoms with van der Waals surface area (Å²) in [6.45, 7) is 2.09. The fourth-order valence-electron chi connectivity index (χ4n) is 2.13. The molecule has 0 aliphatic rings. The normalized spacial score (nSPS) is 10.7. The first-order valence-electron chi connectivity index (χ1n) is 6.49. The van der Waals surface area contributed by atoms with Crippen LogP contribution in [0.4, 0.5) is 0 Å². The van der Waals surface area contributed by atoms with Gasteiger partial charge in [-0.1, -0.05) is 42.4 Å². The van der Waals surface area contributed by atoms with Crippen molar-refractivity contribution in [3.63, 3.8) is 0 Å². The van der Waals surface area contributed by atoms with Crippen molar-refractivity contribution in [1.82, 2.24) is 10.1 Å². The number of hydrogen-bond acceptors (Lipinski definition) is 4. The second kappa shape index (κ2) is 5.17. The molecule has 0 spiro atoms. The molecular formula is C16H14N2O2. The standard InChI is InChI=1S/C16H14N2O2/c1-2-11-6-3-4-9-14(11)16-17-15(18-20-16)12-7-5-8-13(19)10-12/h3-10,19H,2H2,1H3. The molecule has 2 aromatic carbocycles. The molecule has 3 rings (SSSR count). The Kier molecular flexibility index (Phi) is 3.21. The minimum Gasteiger partial charge on any atom is -0.508 e. The number of aromatic nitrogens is 2. The van der Waals surface area contributed by atoms with Gasteiger partial charge in [0.25, 0.3) is 5.89 Å². The zero-order valence-corrected chi connectivity index (χ0v) is 11.1. The summed E-state index contributed by atoms with van der Waals surface area (Å²) in [5.41, 5.74) is 2.85. The highest BCUT2D eigenvalue weighted by Gasteiger charge is 2.13. The van der Waals surface area contributed by atoms with Crippen LogP contribution in [0.1, 0.15) is 12.5 Å². The number of hydrogen-bond donors (Lipinski definition) is 1. The molecule has 1 heterocycles. The van der Waals surface area contributed by atoms with Crippen molar-refractivity contribution in [1.29, 1.82) is 0 Å². The molecule has 100 valence electrons. The number of phenolic OH excluding ortho intramolecular Hbond substituents is 1. The maximum Gasteiger partial charge on any atom is 0.258 e. The topological polar surface area (TPSA) is 59.2 Å². The molecule has 4 heteroatoms. The third kappa shape index (κ3) is 2.28. The van der Waals surface area contributed by atoms with Gasteiger partial charge in [0.1, 0.15) is 5.75 Å². The lowest BCUT2D eigenvalue weighted by atomic mass is 10.1. The van der Waals surface area contributed by atoms with Crippen LogP contribution < -0.4 is 0 Å². The Morgan fingerprint density at radius 3 is 2.75 bits per heavy atom.